The van der Waals surface area contributed by atoms with Crippen molar-refractivity contribution in [2.75, 3.05) is 0 Å². The first kappa shape index (κ1) is 22.6. The minimum absolute atomic E-state index is 0.00524. The summed E-state index contributed by atoms with van der Waals surface area (Å²) in [6, 6.07) is 5.56. The zero-order valence-corrected chi connectivity index (χ0v) is 20.7. The fraction of sp³-hybridized carbons (Fsp3) is 0.786. The number of carbonyl (C=O) groups excluding carboxylic acids is 1. The highest BCUT2D eigenvalue weighted by Crippen LogP contribution is 2.70. The average Bonchev–Trinajstić information content (AvgIpc) is 3.30. The van der Waals surface area contributed by atoms with Crippen LogP contribution in [0.4, 0.5) is 0 Å². The molecule has 4 aliphatic carbocycles. The number of hydrogen-bond donors (Lipinski definition) is 0. The molecule has 0 saturated heterocycles. The highest BCUT2D eigenvalue weighted by molar-refractivity contribution is 5.82. The van der Waals surface area contributed by atoms with Gasteiger partial charge in [-0.3, -0.25) is 4.79 Å². The third-order valence-corrected chi connectivity index (χ3v) is 10.9. The lowest BCUT2D eigenvalue weighted by Crippen LogP contribution is -2.55. The summed E-state index contributed by atoms with van der Waals surface area (Å²) in [6.45, 7) is 9.79. The molecule has 1 heterocycles. The maximum absolute atomic E-state index is 13.7. The first-order valence-corrected chi connectivity index (χ1v) is 13.1. The first-order valence-electron chi connectivity index (χ1n) is 13.1. The molecule has 0 amide bonds. The van der Waals surface area contributed by atoms with Crippen molar-refractivity contribution in [3.63, 3.8) is 0 Å². The summed E-state index contributed by atoms with van der Waals surface area (Å²) in [5, 5.41) is 22.8. The molecule has 33 heavy (non-hydrogen) atoms. The highest BCUT2D eigenvalue weighted by atomic mass is 16.1. The SMILES string of the molecule is CC1CCC2C(CCC3(C)C2CCC2(C)C(C(=O)Cn4nc(C#N)cc4C#N)C(C)CC32)C1. The third-order valence-electron chi connectivity index (χ3n) is 10.9. The molecule has 5 rings (SSSR count). The molecule has 0 spiro atoms. The van der Waals surface area contributed by atoms with Gasteiger partial charge in [-0.1, -0.05) is 34.1 Å². The molecule has 0 aromatic carbocycles. The smallest absolute Gasteiger partial charge is 0.163 e. The van der Waals surface area contributed by atoms with Crippen molar-refractivity contribution in [2.24, 2.45) is 52.3 Å². The van der Waals surface area contributed by atoms with Crippen LogP contribution in [0.5, 0.6) is 0 Å². The fourth-order valence-corrected chi connectivity index (χ4v) is 9.61. The predicted molar refractivity (Wildman–Crippen MR) is 126 cm³/mol. The lowest BCUT2D eigenvalue weighted by atomic mass is 9.43. The molecular weight excluding hydrogens is 408 g/mol. The monoisotopic (exact) mass is 446 g/mol. The normalized spacial score (nSPS) is 44.1. The lowest BCUT2D eigenvalue weighted by molar-refractivity contribution is -0.144. The Labute approximate surface area is 198 Å². The van der Waals surface area contributed by atoms with E-state index >= 15 is 0 Å². The molecule has 9 unspecified atom stereocenters. The van der Waals surface area contributed by atoms with Crippen molar-refractivity contribution in [2.45, 2.75) is 85.6 Å². The van der Waals surface area contributed by atoms with Crippen LogP contribution in [0.15, 0.2) is 6.07 Å². The number of Topliss-reactive ketones (excluding diaryl/α,β-unsaturated/α-hetero) is 1. The van der Waals surface area contributed by atoms with Gasteiger partial charge in [0.1, 0.15) is 24.4 Å². The molecule has 4 aliphatic rings. The topological polar surface area (TPSA) is 82.5 Å². The molecule has 5 heteroatoms. The molecule has 4 fully saturated rings. The molecule has 1 aromatic rings. The van der Waals surface area contributed by atoms with Crippen molar-refractivity contribution in [1.82, 2.24) is 9.78 Å². The maximum atomic E-state index is 13.7. The molecule has 0 N–H and O–H groups in total. The van der Waals surface area contributed by atoms with E-state index in [2.05, 4.69) is 38.9 Å². The summed E-state index contributed by atoms with van der Waals surface area (Å²) in [4.78, 5) is 13.7. The van der Waals surface area contributed by atoms with E-state index in [1.165, 1.54) is 49.3 Å². The molecule has 176 valence electrons. The number of aromatic nitrogens is 2. The van der Waals surface area contributed by atoms with Gasteiger partial charge in [-0.25, -0.2) is 4.68 Å². The Morgan fingerprint density at radius 1 is 1.09 bits per heavy atom. The molecule has 0 radical (unpaired) electrons. The Hall–Kier alpha value is -2.14. The van der Waals surface area contributed by atoms with Gasteiger partial charge in [0.2, 0.25) is 0 Å². The molecule has 0 bridgehead atoms. The quantitative estimate of drug-likeness (QED) is 0.593. The third kappa shape index (κ3) is 3.38. The Morgan fingerprint density at radius 3 is 2.58 bits per heavy atom. The second-order valence-electron chi connectivity index (χ2n) is 12.5. The molecule has 0 aliphatic heterocycles. The first-order chi connectivity index (χ1) is 15.7. The van der Waals surface area contributed by atoms with Crippen LogP contribution in [0, 0.1) is 74.9 Å². The van der Waals surface area contributed by atoms with E-state index in [0.29, 0.717) is 22.9 Å². The van der Waals surface area contributed by atoms with Gasteiger partial charge in [-0.15, -0.1) is 0 Å². The van der Waals surface area contributed by atoms with Crippen molar-refractivity contribution in [1.29, 1.82) is 10.5 Å². The Morgan fingerprint density at radius 2 is 1.85 bits per heavy atom. The van der Waals surface area contributed by atoms with Gasteiger partial charge in [-0.05, 0) is 91.3 Å². The number of fused-ring (bicyclic) bond motifs is 5. The number of rotatable bonds is 3. The van der Waals surface area contributed by atoms with Crippen LogP contribution in [0.25, 0.3) is 0 Å². The molecule has 9 atom stereocenters. The minimum Gasteiger partial charge on any atom is -0.297 e. The number of nitrogens with zero attached hydrogens (tertiary/aromatic N) is 4. The molecule has 5 nitrogen and oxygen atoms in total. The number of ketones is 1. The molecular formula is C28H38N4O. The summed E-state index contributed by atoms with van der Waals surface area (Å²) < 4.78 is 1.45. The van der Waals surface area contributed by atoms with Gasteiger partial charge < -0.3 is 0 Å². The van der Waals surface area contributed by atoms with E-state index in [-0.39, 0.29) is 29.4 Å². The van der Waals surface area contributed by atoms with E-state index in [1.54, 1.807) is 0 Å². The van der Waals surface area contributed by atoms with E-state index in [9.17, 15) is 10.1 Å². The van der Waals surface area contributed by atoms with Crippen LogP contribution in [0.3, 0.4) is 0 Å². The Balaban J connectivity index is 1.40. The zero-order chi connectivity index (χ0) is 23.5. The van der Waals surface area contributed by atoms with E-state index in [1.807, 2.05) is 6.07 Å². The van der Waals surface area contributed by atoms with Crippen LogP contribution >= 0.6 is 0 Å². The van der Waals surface area contributed by atoms with Gasteiger partial charge in [0.25, 0.3) is 0 Å². The molecule has 1 aromatic heterocycles. The van der Waals surface area contributed by atoms with Crippen LogP contribution in [-0.2, 0) is 11.3 Å². The van der Waals surface area contributed by atoms with E-state index in [0.717, 1.165) is 36.5 Å². The predicted octanol–water partition coefficient (Wildman–Crippen LogP) is 5.74. The second-order valence-corrected chi connectivity index (χ2v) is 12.5. The van der Waals surface area contributed by atoms with Crippen LogP contribution in [-0.4, -0.2) is 15.6 Å². The number of nitriles is 2. The van der Waals surface area contributed by atoms with Crippen molar-refractivity contribution in [3.05, 3.63) is 17.5 Å². The number of carbonyl (C=O) groups is 1. The van der Waals surface area contributed by atoms with Crippen molar-refractivity contribution >= 4 is 5.78 Å². The Kier molecular flexibility index (Phi) is 5.47. The standard InChI is InChI=1S/C28H38N4O/c1-17-5-6-22-19(11-17)7-9-27(3)23(22)8-10-28(4)25(27)12-18(2)26(28)24(33)16-32-21(15-30)13-20(14-29)31-32/h13,17-19,22-23,25-26H,5-12,16H2,1-4H3. The van der Waals surface area contributed by atoms with Crippen LogP contribution in [0.2, 0.25) is 0 Å². The molecule has 4 saturated carbocycles. The second kappa shape index (κ2) is 7.97. The largest absolute Gasteiger partial charge is 0.297 e. The zero-order valence-electron chi connectivity index (χ0n) is 20.7. The van der Waals surface area contributed by atoms with E-state index < -0.39 is 0 Å². The minimum atomic E-state index is 0.00524. The van der Waals surface area contributed by atoms with Gasteiger partial charge in [-0.2, -0.15) is 15.6 Å². The summed E-state index contributed by atoms with van der Waals surface area (Å²) in [5.74, 6) is 4.66. The van der Waals surface area contributed by atoms with E-state index in [4.69, 9.17) is 5.26 Å². The fourth-order valence-electron chi connectivity index (χ4n) is 9.61. The van der Waals surface area contributed by atoms with Crippen molar-refractivity contribution in [3.8, 4) is 12.1 Å². The van der Waals surface area contributed by atoms with Gasteiger partial charge >= 0.3 is 0 Å². The highest BCUT2D eigenvalue weighted by Gasteiger charge is 2.64. The summed E-state index contributed by atoms with van der Waals surface area (Å²) in [6.07, 6.45) is 10.5. The van der Waals surface area contributed by atoms with Crippen LogP contribution in [0.1, 0.15) is 90.4 Å². The lowest BCUT2D eigenvalue weighted by Gasteiger charge is -2.62. The average molecular weight is 447 g/mol. The summed E-state index contributed by atoms with van der Waals surface area (Å²) >= 11 is 0. The summed E-state index contributed by atoms with van der Waals surface area (Å²) in [7, 11) is 0. The number of hydrogen-bond acceptors (Lipinski definition) is 4. The summed E-state index contributed by atoms with van der Waals surface area (Å²) in [5.41, 5.74) is 0.867. The Bertz CT molecular complexity index is 1030. The van der Waals surface area contributed by atoms with Crippen molar-refractivity contribution < 1.29 is 4.79 Å². The maximum Gasteiger partial charge on any atom is 0.163 e. The van der Waals surface area contributed by atoms with Crippen LogP contribution < -0.4 is 0 Å². The van der Waals surface area contributed by atoms with Gasteiger partial charge in [0, 0.05) is 12.0 Å². The van der Waals surface area contributed by atoms with Gasteiger partial charge in [0.15, 0.2) is 11.5 Å². The van der Waals surface area contributed by atoms with Gasteiger partial charge in [0.05, 0.1) is 0 Å².